The van der Waals surface area contributed by atoms with Crippen LogP contribution in [0.25, 0.3) is 0 Å². The molecule has 0 aliphatic heterocycles. The molecule has 0 saturated carbocycles. The van der Waals surface area contributed by atoms with Gasteiger partial charge in [0.2, 0.25) is 5.89 Å². The van der Waals surface area contributed by atoms with Crippen molar-refractivity contribution in [1.29, 1.82) is 0 Å². The van der Waals surface area contributed by atoms with Gasteiger partial charge < -0.3 is 14.9 Å². The molecule has 17 heavy (non-hydrogen) atoms. The number of anilines is 1. The molecule has 0 spiro atoms. The van der Waals surface area contributed by atoms with E-state index in [0.29, 0.717) is 18.9 Å². The SMILES string of the molecule is O=C(O)c1nccnc1NCCc1ncno1. The summed E-state index contributed by atoms with van der Waals surface area (Å²) in [4.78, 5) is 22.3. The molecule has 0 aromatic carbocycles. The van der Waals surface area contributed by atoms with Crippen molar-refractivity contribution in [2.45, 2.75) is 6.42 Å². The average molecular weight is 235 g/mol. The van der Waals surface area contributed by atoms with E-state index in [-0.39, 0.29) is 11.5 Å². The predicted octanol–water partition coefficient (Wildman–Crippen LogP) is 0.212. The highest BCUT2D eigenvalue weighted by molar-refractivity contribution is 5.90. The Morgan fingerprint density at radius 1 is 1.35 bits per heavy atom. The van der Waals surface area contributed by atoms with Crippen LogP contribution in [-0.2, 0) is 6.42 Å². The summed E-state index contributed by atoms with van der Waals surface area (Å²) >= 11 is 0. The standard InChI is InChI=1S/C9H9N5O3/c15-9(16)7-8(12-4-3-10-7)11-2-1-6-13-5-14-17-6/h3-5H,1-2H2,(H,11,12)(H,15,16). The number of carbonyl (C=O) groups is 1. The van der Waals surface area contributed by atoms with Crippen LogP contribution in [0.1, 0.15) is 16.4 Å². The Morgan fingerprint density at radius 2 is 2.18 bits per heavy atom. The first-order chi connectivity index (χ1) is 8.27. The Labute approximate surface area is 95.7 Å². The van der Waals surface area contributed by atoms with Gasteiger partial charge in [-0.25, -0.2) is 14.8 Å². The second kappa shape index (κ2) is 5.01. The van der Waals surface area contributed by atoms with Gasteiger partial charge in [-0.15, -0.1) is 0 Å². The zero-order valence-corrected chi connectivity index (χ0v) is 8.70. The zero-order chi connectivity index (χ0) is 12.1. The normalized spacial score (nSPS) is 10.1. The lowest BCUT2D eigenvalue weighted by Gasteiger charge is -2.05. The van der Waals surface area contributed by atoms with E-state index in [1.807, 2.05) is 0 Å². The molecule has 8 heteroatoms. The van der Waals surface area contributed by atoms with Gasteiger partial charge in [-0.05, 0) is 0 Å². The molecule has 0 amide bonds. The summed E-state index contributed by atoms with van der Waals surface area (Å²) in [6, 6.07) is 0. The average Bonchev–Trinajstić information content (AvgIpc) is 2.82. The van der Waals surface area contributed by atoms with E-state index < -0.39 is 5.97 Å². The molecule has 2 aromatic heterocycles. The highest BCUT2D eigenvalue weighted by Gasteiger charge is 2.12. The summed E-state index contributed by atoms with van der Waals surface area (Å²) < 4.78 is 4.80. The predicted molar refractivity (Wildman–Crippen MR) is 55.5 cm³/mol. The number of nitrogens with zero attached hydrogens (tertiary/aromatic N) is 4. The van der Waals surface area contributed by atoms with Crippen LogP contribution in [-0.4, -0.2) is 37.7 Å². The van der Waals surface area contributed by atoms with Crippen LogP contribution in [0.3, 0.4) is 0 Å². The first-order valence-electron chi connectivity index (χ1n) is 4.81. The van der Waals surface area contributed by atoms with Crippen LogP contribution < -0.4 is 5.32 Å². The molecular formula is C9H9N5O3. The number of aromatic nitrogens is 4. The molecule has 0 fully saturated rings. The van der Waals surface area contributed by atoms with Crippen molar-refractivity contribution < 1.29 is 14.4 Å². The molecule has 0 radical (unpaired) electrons. The molecule has 2 aromatic rings. The van der Waals surface area contributed by atoms with Crippen molar-refractivity contribution in [1.82, 2.24) is 20.1 Å². The summed E-state index contributed by atoms with van der Waals surface area (Å²) in [5, 5.41) is 15.2. The monoisotopic (exact) mass is 235 g/mol. The smallest absolute Gasteiger partial charge is 0.358 e. The second-order valence-corrected chi connectivity index (χ2v) is 3.07. The topological polar surface area (TPSA) is 114 Å². The summed E-state index contributed by atoms with van der Waals surface area (Å²) in [5.41, 5.74) is -0.113. The summed E-state index contributed by atoms with van der Waals surface area (Å²) in [6.45, 7) is 0.432. The van der Waals surface area contributed by atoms with Gasteiger partial charge in [0.25, 0.3) is 0 Å². The van der Waals surface area contributed by atoms with Crippen molar-refractivity contribution in [2.75, 3.05) is 11.9 Å². The van der Waals surface area contributed by atoms with Gasteiger partial charge in [-0.3, -0.25) is 0 Å². The maximum atomic E-state index is 10.8. The summed E-state index contributed by atoms with van der Waals surface area (Å²) in [5.74, 6) is -0.434. The van der Waals surface area contributed by atoms with Crippen molar-refractivity contribution in [3.8, 4) is 0 Å². The van der Waals surface area contributed by atoms with Crippen LogP contribution in [0.5, 0.6) is 0 Å². The fraction of sp³-hybridized carbons (Fsp3) is 0.222. The van der Waals surface area contributed by atoms with E-state index in [4.69, 9.17) is 9.63 Å². The molecule has 0 aliphatic carbocycles. The molecular weight excluding hydrogens is 226 g/mol. The lowest BCUT2D eigenvalue weighted by atomic mass is 10.3. The second-order valence-electron chi connectivity index (χ2n) is 3.07. The number of aromatic carboxylic acids is 1. The van der Waals surface area contributed by atoms with E-state index in [2.05, 4.69) is 25.4 Å². The molecule has 88 valence electrons. The van der Waals surface area contributed by atoms with E-state index in [9.17, 15) is 4.79 Å². The molecule has 2 heterocycles. The molecule has 0 atom stereocenters. The third-order valence-corrected chi connectivity index (χ3v) is 1.94. The van der Waals surface area contributed by atoms with Crippen LogP contribution in [0.4, 0.5) is 5.82 Å². The van der Waals surface area contributed by atoms with Crippen LogP contribution in [0, 0.1) is 0 Å². The first-order valence-corrected chi connectivity index (χ1v) is 4.81. The maximum absolute atomic E-state index is 10.8. The molecule has 8 nitrogen and oxygen atoms in total. The third kappa shape index (κ3) is 2.74. The number of hydrogen-bond donors (Lipinski definition) is 2. The van der Waals surface area contributed by atoms with Gasteiger partial charge >= 0.3 is 5.97 Å². The van der Waals surface area contributed by atoms with Crippen LogP contribution in [0.15, 0.2) is 23.2 Å². The van der Waals surface area contributed by atoms with E-state index in [1.54, 1.807) is 0 Å². The van der Waals surface area contributed by atoms with Crippen LogP contribution >= 0.6 is 0 Å². The lowest BCUT2D eigenvalue weighted by Crippen LogP contribution is -2.12. The lowest BCUT2D eigenvalue weighted by molar-refractivity contribution is 0.0691. The molecule has 0 unspecified atom stereocenters. The molecule has 2 rings (SSSR count). The molecule has 0 saturated heterocycles. The van der Waals surface area contributed by atoms with Gasteiger partial charge in [0.1, 0.15) is 0 Å². The Kier molecular flexibility index (Phi) is 3.24. The highest BCUT2D eigenvalue weighted by atomic mass is 16.5. The fourth-order valence-corrected chi connectivity index (χ4v) is 1.22. The summed E-state index contributed by atoms with van der Waals surface area (Å²) in [6.07, 6.45) is 4.53. The van der Waals surface area contributed by atoms with Gasteiger partial charge in [0.05, 0.1) is 0 Å². The molecule has 0 bridgehead atoms. The Morgan fingerprint density at radius 3 is 2.88 bits per heavy atom. The molecule has 2 N–H and O–H groups in total. The van der Waals surface area contributed by atoms with Crippen molar-refractivity contribution in [3.05, 3.63) is 30.3 Å². The van der Waals surface area contributed by atoms with Gasteiger partial charge in [0, 0.05) is 25.4 Å². The Hall–Kier alpha value is -2.51. The largest absolute Gasteiger partial charge is 0.476 e. The minimum Gasteiger partial charge on any atom is -0.476 e. The van der Waals surface area contributed by atoms with Gasteiger partial charge in [-0.2, -0.15) is 4.98 Å². The van der Waals surface area contributed by atoms with E-state index in [1.165, 1.54) is 18.7 Å². The fourth-order valence-electron chi connectivity index (χ4n) is 1.22. The zero-order valence-electron chi connectivity index (χ0n) is 8.70. The maximum Gasteiger partial charge on any atom is 0.358 e. The first kappa shape index (κ1) is 11.0. The van der Waals surface area contributed by atoms with Crippen LogP contribution in [0.2, 0.25) is 0 Å². The minimum atomic E-state index is -1.13. The van der Waals surface area contributed by atoms with Crippen molar-refractivity contribution in [2.24, 2.45) is 0 Å². The number of nitrogens with one attached hydrogen (secondary N) is 1. The third-order valence-electron chi connectivity index (χ3n) is 1.94. The Bertz CT molecular complexity index is 499. The minimum absolute atomic E-state index is 0.113. The number of hydrogen-bond acceptors (Lipinski definition) is 7. The number of carboxylic acid groups (broad SMARTS) is 1. The van der Waals surface area contributed by atoms with Crippen molar-refractivity contribution in [3.63, 3.8) is 0 Å². The van der Waals surface area contributed by atoms with Gasteiger partial charge in [0.15, 0.2) is 17.8 Å². The van der Waals surface area contributed by atoms with Crippen molar-refractivity contribution >= 4 is 11.8 Å². The van der Waals surface area contributed by atoms with E-state index >= 15 is 0 Å². The number of rotatable bonds is 5. The van der Waals surface area contributed by atoms with E-state index in [0.717, 1.165) is 0 Å². The summed E-state index contributed by atoms with van der Waals surface area (Å²) in [7, 11) is 0. The highest BCUT2D eigenvalue weighted by Crippen LogP contribution is 2.07. The molecule has 0 aliphatic rings. The quantitative estimate of drug-likeness (QED) is 0.755. The Balaban J connectivity index is 1.97. The van der Waals surface area contributed by atoms with Gasteiger partial charge in [-0.1, -0.05) is 5.16 Å². The number of carboxylic acids is 1.